The lowest BCUT2D eigenvalue weighted by atomic mass is 9.58. The second-order valence-electron chi connectivity index (χ2n) is 6.79. The zero-order valence-corrected chi connectivity index (χ0v) is 16.6. The smallest absolute Gasteiger partial charge is 0.257 e. The van der Waals surface area contributed by atoms with Crippen molar-refractivity contribution in [3.63, 3.8) is 0 Å². The summed E-state index contributed by atoms with van der Waals surface area (Å²) in [5, 5.41) is 10.6. The molecule has 2 aliphatic rings. The van der Waals surface area contributed by atoms with Crippen LogP contribution in [0, 0.1) is 5.41 Å². The van der Waals surface area contributed by atoms with Gasteiger partial charge in [0.2, 0.25) is 0 Å². The number of ether oxygens (including phenoxy) is 2. The van der Waals surface area contributed by atoms with Gasteiger partial charge in [-0.25, -0.2) is 0 Å². The number of methoxy groups -OCH3 is 1. The summed E-state index contributed by atoms with van der Waals surface area (Å²) in [4.78, 5) is 14.7. The van der Waals surface area contributed by atoms with Gasteiger partial charge in [0.1, 0.15) is 5.75 Å². The standard InChI is InChI=1S/C18H25ClN2O4.ClH/c1-3-25-16-10-15(22)18(16)4-6-21(7-5-18)17(23)11-8-12(19)13(20)9-14(11)24-2;/h8-9,15-16,22H,3-7,10,20H2,1-2H3;1H. The molecule has 0 bridgehead atoms. The Labute approximate surface area is 165 Å². The number of carbonyl (C=O) groups excluding carboxylic acids is 1. The quantitative estimate of drug-likeness (QED) is 0.753. The zero-order chi connectivity index (χ0) is 18.2. The van der Waals surface area contributed by atoms with E-state index in [0.29, 0.717) is 48.1 Å². The van der Waals surface area contributed by atoms with Crippen LogP contribution in [-0.2, 0) is 4.74 Å². The molecule has 8 heteroatoms. The number of benzene rings is 1. The number of rotatable bonds is 4. The van der Waals surface area contributed by atoms with Gasteiger partial charge in [-0.3, -0.25) is 4.79 Å². The molecule has 1 aromatic rings. The van der Waals surface area contributed by atoms with E-state index in [9.17, 15) is 9.90 Å². The number of hydrogen-bond donors (Lipinski definition) is 2. The van der Waals surface area contributed by atoms with E-state index in [2.05, 4.69) is 0 Å². The Morgan fingerprint density at radius 2 is 2.08 bits per heavy atom. The van der Waals surface area contributed by atoms with Crippen molar-refractivity contribution in [3.05, 3.63) is 22.7 Å². The molecular formula is C18H26Cl2N2O4. The van der Waals surface area contributed by atoms with Crippen molar-refractivity contribution in [2.45, 2.75) is 38.4 Å². The van der Waals surface area contributed by atoms with Crippen molar-refractivity contribution in [3.8, 4) is 5.75 Å². The van der Waals surface area contributed by atoms with Crippen LogP contribution in [0.25, 0.3) is 0 Å². The lowest BCUT2D eigenvalue weighted by Gasteiger charge is -2.56. The highest BCUT2D eigenvalue weighted by atomic mass is 35.5. The van der Waals surface area contributed by atoms with Crippen molar-refractivity contribution >= 4 is 35.6 Å². The minimum absolute atomic E-state index is 0. The Bertz CT molecular complexity index is 661. The number of anilines is 1. The van der Waals surface area contributed by atoms with Gasteiger partial charge in [0.25, 0.3) is 5.91 Å². The van der Waals surface area contributed by atoms with E-state index in [-0.39, 0.29) is 35.9 Å². The summed E-state index contributed by atoms with van der Waals surface area (Å²) in [7, 11) is 1.50. The first-order valence-electron chi connectivity index (χ1n) is 8.65. The van der Waals surface area contributed by atoms with Gasteiger partial charge in [-0.15, -0.1) is 12.4 Å². The number of piperidine rings is 1. The Hall–Kier alpha value is -1.21. The number of carbonyl (C=O) groups is 1. The molecule has 1 aliphatic carbocycles. The highest BCUT2D eigenvalue weighted by molar-refractivity contribution is 6.33. The fourth-order valence-corrected chi connectivity index (χ4v) is 4.18. The van der Waals surface area contributed by atoms with Gasteiger partial charge in [0.05, 0.1) is 35.6 Å². The van der Waals surface area contributed by atoms with Gasteiger partial charge >= 0.3 is 0 Å². The third-order valence-corrected chi connectivity index (χ3v) is 5.97. The van der Waals surface area contributed by atoms with Crippen molar-refractivity contribution in [2.24, 2.45) is 5.41 Å². The number of aliphatic hydroxyl groups is 1. The first-order chi connectivity index (χ1) is 11.9. The van der Waals surface area contributed by atoms with Gasteiger partial charge in [-0.05, 0) is 25.8 Å². The summed E-state index contributed by atoms with van der Waals surface area (Å²) in [6.45, 7) is 3.76. The van der Waals surface area contributed by atoms with Gasteiger partial charge < -0.3 is 25.2 Å². The molecule has 1 amide bonds. The molecule has 2 atom stereocenters. The maximum atomic E-state index is 12.9. The minimum Gasteiger partial charge on any atom is -0.496 e. The highest BCUT2D eigenvalue weighted by Gasteiger charge is 2.56. The third-order valence-electron chi connectivity index (χ3n) is 5.64. The van der Waals surface area contributed by atoms with Crippen LogP contribution < -0.4 is 10.5 Å². The molecule has 3 rings (SSSR count). The van der Waals surface area contributed by atoms with Crippen LogP contribution in [0.2, 0.25) is 5.02 Å². The third kappa shape index (κ3) is 3.48. The Morgan fingerprint density at radius 3 is 2.62 bits per heavy atom. The number of nitrogen functional groups attached to an aromatic ring is 1. The van der Waals surface area contributed by atoms with Gasteiger partial charge in [-0.2, -0.15) is 0 Å². The molecule has 2 fully saturated rings. The normalized spacial score (nSPS) is 23.9. The van der Waals surface area contributed by atoms with Crippen molar-refractivity contribution in [2.75, 3.05) is 32.5 Å². The number of halogens is 2. The van der Waals surface area contributed by atoms with E-state index < -0.39 is 0 Å². The molecule has 1 saturated carbocycles. The summed E-state index contributed by atoms with van der Waals surface area (Å²) >= 11 is 6.07. The van der Waals surface area contributed by atoms with Crippen molar-refractivity contribution in [1.29, 1.82) is 0 Å². The van der Waals surface area contributed by atoms with Crippen LogP contribution in [0.15, 0.2) is 12.1 Å². The van der Waals surface area contributed by atoms with Crippen LogP contribution in [0.5, 0.6) is 5.75 Å². The molecule has 0 aromatic heterocycles. The fraction of sp³-hybridized carbons (Fsp3) is 0.611. The number of nitrogens with two attached hydrogens (primary N) is 1. The van der Waals surface area contributed by atoms with E-state index >= 15 is 0 Å². The summed E-state index contributed by atoms with van der Waals surface area (Å²) in [6.07, 6.45) is 1.89. The second-order valence-corrected chi connectivity index (χ2v) is 7.20. The van der Waals surface area contributed by atoms with E-state index in [1.807, 2.05) is 6.92 Å². The molecule has 3 N–H and O–H groups in total. The summed E-state index contributed by atoms with van der Waals surface area (Å²) in [6, 6.07) is 3.13. The van der Waals surface area contributed by atoms with Gasteiger partial charge in [0, 0.05) is 37.6 Å². The van der Waals surface area contributed by atoms with Gasteiger partial charge in [-0.1, -0.05) is 11.6 Å². The average Bonchev–Trinajstić information content (AvgIpc) is 2.63. The number of amides is 1. The van der Waals surface area contributed by atoms with Crippen LogP contribution in [0.3, 0.4) is 0 Å². The van der Waals surface area contributed by atoms with Crippen molar-refractivity contribution < 1.29 is 19.4 Å². The SMILES string of the molecule is CCOC1CC(O)C12CCN(C(=O)c1cc(Cl)c(N)cc1OC)CC2.Cl. The summed E-state index contributed by atoms with van der Waals surface area (Å²) in [5.74, 6) is 0.290. The van der Waals surface area contributed by atoms with Crippen LogP contribution in [0.1, 0.15) is 36.5 Å². The molecule has 1 heterocycles. The van der Waals surface area contributed by atoms with Gasteiger partial charge in [0.15, 0.2) is 0 Å². The highest BCUT2D eigenvalue weighted by Crippen LogP contribution is 2.51. The molecule has 1 aliphatic heterocycles. The Morgan fingerprint density at radius 1 is 1.42 bits per heavy atom. The van der Waals surface area contributed by atoms with E-state index in [0.717, 1.165) is 12.8 Å². The van der Waals surface area contributed by atoms with E-state index in [1.165, 1.54) is 7.11 Å². The first-order valence-corrected chi connectivity index (χ1v) is 9.02. The maximum Gasteiger partial charge on any atom is 0.257 e. The molecule has 1 spiro atoms. The molecule has 6 nitrogen and oxygen atoms in total. The number of hydrogen-bond acceptors (Lipinski definition) is 5. The van der Waals surface area contributed by atoms with Crippen molar-refractivity contribution in [1.82, 2.24) is 4.90 Å². The van der Waals surface area contributed by atoms with Crippen LogP contribution >= 0.6 is 24.0 Å². The summed E-state index contributed by atoms with van der Waals surface area (Å²) < 4.78 is 11.1. The maximum absolute atomic E-state index is 12.9. The Balaban J connectivity index is 0.00000243. The lowest BCUT2D eigenvalue weighted by Crippen LogP contribution is -2.62. The molecule has 1 aromatic carbocycles. The first kappa shape index (κ1) is 21.1. The zero-order valence-electron chi connectivity index (χ0n) is 15.0. The number of likely N-dealkylation sites (tertiary alicyclic amines) is 1. The monoisotopic (exact) mass is 404 g/mol. The van der Waals surface area contributed by atoms with Crippen LogP contribution in [0.4, 0.5) is 5.69 Å². The van der Waals surface area contributed by atoms with E-state index in [4.69, 9.17) is 26.8 Å². The largest absolute Gasteiger partial charge is 0.496 e. The average molecular weight is 405 g/mol. The van der Waals surface area contributed by atoms with Crippen LogP contribution in [-0.4, -0.2) is 54.9 Å². The minimum atomic E-state index is -0.346. The number of nitrogens with zero attached hydrogens (tertiary/aromatic N) is 1. The lowest BCUT2D eigenvalue weighted by molar-refractivity contribution is -0.207. The predicted octanol–water partition coefficient (Wildman–Crippen LogP) is 2.74. The molecule has 26 heavy (non-hydrogen) atoms. The molecule has 1 saturated heterocycles. The predicted molar refractivity (Wildman–Crippen MR) is 103 cm³/mol. The molecular weight excluding hydrogens is 379 g/mol. The Kier molecular flexibility index (Phi) is 6.66. The van der Waals surface area contributed by atoms with E-state index in [1.54, 1.807) is 17.0 Å². The fourth-order valence-electron chi connectivity index (χ4n) is 4.02. The molecule has 2 unspecified atom stereocenters. The summed E-state index contributed by atoms with van der Waals surface area (Å²) in [5.41, 5.74) is 6.36. The second kappa shape index (κ2) is 8.21. The molecule has 146 valence electrons. The number of aliphatic hydroxyl groups excluding tert-OH is 1. The topological polar surface area (TPSA) is 85.0 Å². The molecule has 0 radical (unpaired) electrons.